The van der Waals surface area contributed by atoms with Crippen molar-refractivity contribution < 1.29 is 9.84 Å². The minimum absolute atomic E-state index is 0.0756. The zero-order valence-corrected chi connectivity index (χ0v) is 14.0. The molecular weight excluding hydrogens is 332 g/mol. The van der Waals surface area contributed by atoms with Gasteiger partial charge in [-0.2, -0.15) is 10.1 Å². The van der Waals surface area contributed by atoms with Gasteiger partial charge in [-0.3, -0.25) is 0 Å². The number of phenolic OH excluding ortho intramolecular Hbond substituents is 1. The van der Waals surface area contributed by atoms with Gasteiger partial charge in [-0.25, -0.2) is 5.43 Å². The average Bonchev–Trinajstić information content (AvgIpc) is 3.01. The number of ether oxygens (including phenoxy) is 1. The number of nitrogens with one attached hydrogen (secondary N) is 2. The Morgan fingerprint density at radius 1 is 1.23 bits per heavy atom. The SMILES string of the molecule is CCOc1ccc(C=NNc2nnc3c(n2)[nH]c2ccccc23)c(O)c1. The van der Waals surface area contributed by atoms with Crippen LogP contribution in [0.4, 0.5) is 5.95 Å². The first-order valence-electron chi connectivity index (χ1n) is 8.10. The third-order valence-electron chi connectivity index (χ3n) is 3.80. The first-order chi connectivity index (χ1) is 12.7. The Morgan fingerprint density at radius 2 is 2.12 bits per heavy atom. The summed E-state index contributed by atoms with van der Waals surface area (Å²) in [6, 6.07) is 12.8. The molecule has 0 unspecified atom stereocenters. The highest BCUT2D eigenvalue weighted by Gasteiger charge is 2.08. The Hall–Kier alpha value is -3.68. The zero-order chi connectivity index (χ0) is 17.9. The van der Waals surface area contributed by atoms with Gasteiger partial charge in [0.2, 0.25) is 0 Å². The summed E-state index contributed by atoms with van der Waals surface area (Å²) >= 11 is 0. The molecule has 8 nitrogen and oxygen atoms in total. The number of H-pyrrole nitrogens is 1. The normalized spacial score (nSPS) is 11.4. The van der Waals surface area contributed by atoms with E-state index < -0.39 is 0 Å². The predicted octanol–water partition coefficient (Wildman–Crippen LogP) is 3.06. The number of aromatic nitrogens is 4. The number of rotatable bonds is 5. The minimum Gasteiger partial charge on any atom is -0.507 e. The van der Waals surface area contributed by atoms with Gasteiger partial charge in [0.25, 0.3) is 5.95 Å². The first-order valence-corrected chi connectivity index (χ1v) is 8.10. The predicted molar refractivity (Wildman–Crippen MR) is 99.7 cm³/mol. The lowest BCUT2D eigenvalue weighted by molar-refractivity contribution is 0.337. The average molecular weight is 348 g/mol. The van der Waals surface area contributed by atoms with Gasteiger partial charge in [0.15, 0.2) is 5.65 Å². The van der Waals surface area contributed by atoms with Crippen LogP contribution in [-0.2, 0) is 0 Å². The number of benzene rings is 2. The topological polar surface area (TPSA) is 108 Å². The van der Waals surface area contributed by atoms with E-state index in [1.54, 1.807) is 18.2 Å². The van der Waals surface area contributed by atoms with Crippen molar-refractivity contribution in [2.75, 3.05) is 12.0 Å². The molecule has 0 aliphatic rings. The van der Waals surface area contributed by atoms with Gasteiger partial charge < -0.3 is 14.8 Å². The molecule has 2 aromatic carbocycles. The van der Waals surface area contributed by atoms with E-state index in [1.165, 1.54) is 6.21 Å². The van der Waals surface area contributed by atoms with Gasteiger partial charge in [0, 0.05) is 22.5 Å². The summed E-state index contributed by atoms with van der Waals surface area (Å²) in [4.78, 5) is 7.56. The highest BCUT2D eigenvalue weighted by Crippen LogP contribution is 2.23. The molecule has 0 atom stereocenters. The molecule has 8 heteroatoms. The molecule has 0 saturated carbocycles. The molecule has 4 rings (SSSR count). The van der Waals surface area contributed by atoms with Crippen LogP contribution in [0.1, 0.15) is 12.5 Å². The number of fused-ring (bicyclic) bond motifs is 3. The van der Waals surface area contributed by atoms with Crippen LogP contribution in [0.2, 0.25) is 0 Å². The number of nitrogens with zero attached hydrogens (tertiary/aromatic N) is 4. The second-order valence-electron chi connectivity index (χ2n) is 5.53. The maximum absolute atomic E-state index is 9.99. The lowest BCUT2D eigenvalue weighted by Crippen LogP contribution is -1.99. The molecule has 0 radical (unpaired) electrons. The number of hydrogen-bond acceptors (Lipinski definition) is 7. The fraction of sp³-hybridized carbons (Fsp3) is 0.111. The standard InChI is InChI=1S/C18H16N6O2/c1-2-26-12-8-7-11(15(25)9-12)10-19-23-18-21-17-16(22-24-18)13-5-3-4-6-14(13)20-17/h3-10,25H,2H2,1H3,(H2,20,21,23,24). The van der Waals surface area contributed by atoms with Crippen molar-refractivity contribution in [1.29, 1.82) is 0 Å². The minimum atomic E-state index is 0.0756. The molecule has 0 amide bonds. The van der Waals surface area contributed by atoms with Crippen LogP contribution in [0.5, 0.6) is 11.5 Å². The Morgan fingerprint density at radius 3 is 2.96 bits per heavy atom. The molecule has 0 bridgehead atoms. The number of para-hydroxylation sites is 1. The van der Waals surface area contributed by atoms with Gasteiger partial charge in [0.1, 0.15) is 17.0 Å². The van der Waals surface area contributed by atoms with E-state index in [0.717, 1.165) is 10.9 Å². The van der Waals surface area contributed by atoms with E-state index in [1.807, 2.05) is 31.2 Å². The number of anilines is 1. The van der Waals surface area contributed by atoms with E-state index in [0.29, 0.717) is 29.1 Å². The van der Waals surface area contributed by atoms with Gasteiger partial charge in [-0.05, 0) is 25.1 Å². The number of phenols is 1. The van der Waals surface area contributed by atoms with Gasteiger partial charge in [0.05, 0.1) is 12.8 Å². The van der Waals surface area contributed by atoms with Gasteiger partial charge in [-0.15, -0.1) is 10.2 Å². The van der Waals surface area contributed by atoms with Crippen molar-refractivity contribution in [2.45, 2.75) is 6.92 Å². The maximum Gasteiger partial charge on any atom is 0.265 e. The van der Waals surface area contributed by atoms with Crippen LogP contribution in [0.3, 0.4) is 0 Å². The van der Waals surface area contributed by atoms with E-state index in [4.69, 9.17) is 4.74 Å². The van der Waals surface area contributed by atoms with Crippen LogP contribution >= 0.6 is 0 Å². The molecular formula is C18H16N6O2. The number of aromatic amines is 1. The fourth-order valence-corrected chi connectivity index (χ4v) is 2.62. The molecule has 0 spiro atoms. The summed E-state index contributed by atoms with van der Waals surface area (Å²) in [6.07, 6.45) is 1.48. The summed E-state index contributed by atoms with van der Waals surface area (Å²) in [5.74, 6) is 0.934. The zero-order valence-electron chi connectivity index (χ0n) is 14.0. The lowest BCUT2D eigenvalue weighted by atomic mass is 10.2. The highest BCUT2D eigenvalue weighted by molar-refractivity contribution is 6.03. The largest absolute Gasteiger partial charge is 0.507 e. The van der Waals surface area contributed by atoms with E-state index in [2.05, 4.69) is 30.7 Å². The summed E-state index contributed by atoms with van der Waals surface area (Å²) < 4.78 is 5.33. The Balaban J connectivity index is 1.54. The van der Waals surface area contributed by atoms with Crippen LogP contribution in [0.25, 0.3) is 22.1 Å². The van der Waals surface area contributed by atoms with Crippen LogP contribution in [-0.4, -0.2) is 38.1 Å². The van der Waals surface area contributed by atoms with Gasteiger partial charge >= 0.3 is 0 Å². The van der Waals surface area contributed by atoms with Crippen LogP contribution < -0.4 is 10.2 Å². The van der Waals surface area contributed by atoms with Crippen LogP contribution in [0.15, 0.2) is 47.6 Å². The van der Waals surface area contributed by atoms with Crippen molar-refractivity contribution in [1.82, 2.24) is 20.2 Å². The van der Waals surface area contributed by atoms with E-state index in [9.17, 15) is 5.11 Å². The Labute approximate surface area is 148 Å². The second kappa shape index (κ2) is 6.67. The third kappa shape index (κ3) is 3.00. The van der Waals surface area contributed by atoms with Crippen molar-refractivity contribution in [3.05, 3.63) is 48.0 Å². The maximum atomic E-state index is 9.99. The van der Waals surface area contributed by atoms with E-state index in [-0.39, 0.29) is 11.7 Å². The summed E-state index contributed by atoms with van der Waals surface area (Å²) in [7, 11) is 0. The lowest BCUT2D eigenvalue weighted by Gasteiger charge is -2.04. The molecule has 0 saturated heterocycles. The molecule has 2 heterocycles. The third-order valence-corrected chi connectivity index (χ3v) is 3.80. The molecule has 0 aliphatic heterocycles. The Kier molecular flexibility index (Phi) is 4.06. The molecule has 2 aromatic heterocycles. The molecule has 0 aliphatic carbocycles. The summed E-state index contributed by atoms with van der Waals surface area (Å²) in [5.41, 5.74) is 5.54. The summed E-state index contributed by atoms with van der Waals surface area (Å²) in [6.45, 7) is 2.42. The van der Waals surface area contributed by atoms with Crippen molar-refractivity contribution in [2.24, 2.45) is 5.10 Å². The Bertz CT molecular complexity index is 1110. The van der Waals surface area contributed by atoms with E-state index >= 15 is 0 Å². The summed E-state index contributed by atoms with van der Waals surface area (Å²) in [5, 5.41) is 23.2. The monoisotopic (exact) mass is 348 g/mol. The molecule has 3 N–H and O–H groups in total. The number of aromatic hydroxyl groups is 1. The van der Waals surface area contributed by atoms with Gasteiger partial charge in [-0.1, -0.05) is 18.2 Å². The highest BCUT2D eigenvalue weighted by atomic mass is 16.5. The first kappa shape index (κ1) is 15.8. The van der Waals surface area contributed by atoms with Crippen molar-refractivity contribution >= 4 is 34.2 Å². The van der Waals surface area contributed by atoms with Crippen molar-refractivity contribution in [3.8, 4) is 11.5 Å². The van der Waals surface area contributed by atoms with Crippen LogP contribution in [0, 0.1) is 0 Å². The molecule has 0 fully saturated rings. The fourth-order valence-electron chi connectivity index (χ4n) is 2.62. The molecule has 26 heavy (non-hydrogen) atoms. The quantitative estimate of drug-likeness (QED) is 0.378. The number of hydrazone groups is 1. The molecule has 4 aromatic rings. The number of hydrogen-bond donors (Lipinski definition) is 3. The van der Waals surface area contributed by atoms with Crippen molar-refractivity contribution in [3.63, 3.8) is 0 Å². The molecule has 130 valence electrons. The smallest absolute Gasteiger partial charge is 0.265 e. The second-order valence-corrected chi connectivity index (χ2v) is 5.53.